The molecule has 1 aromatic carbocycles. The second kappa shape index (κ2) is 9.77. The smallest absolute Gasteiger partial charge is 0.295 e. The summed E-state index contributed by atoms with van der Waals surface area (Å²) >= 11 is 0. The molecule has 0 saturated carbocycles. The number of Topliss-reactive ketones (excluding diaryl/α,β-unsaturated/α-hetero) is 1. The molecule has 178 valence electrons. The van der Waals surface area contributed by atoms with Crippen molar-refractivity contribution in [1.82, 2.24) is 14.3 Å². The second-order valence-electron chi connectivity index (χ2n) is 8.56. The summed E-state index contributed by atoms with van der Waals surface area (Å²) in [4.78, 5) is 33.6. The number of hydrogen-bond acceptors (Lipinski definition) is 4. The third kappa shape index (κ3) is 4.21. The van der Waals surface area contributed by atoms with Crippen molar-refractivity contribution in [3.63, 3.8) is 0 Å². The van der Waals surface area contributed by atoms with Gasteiger partial charge in [0.15, 0.2) is 0 Å². The van der Waals surface area contributed by atoms with Crippen molar-refractivity contribution in [3.05, 3.63) is 77.0 Å². The van der Waals surface area contributed by atoms with Crippen molar-refractivity contribution in [3.8, 4) is 0 Å². The summed E-state index contributed by atoms with van der Waals surface area (Å²) in [5.74, 6) is -2.46. The van der Waals surface area contributed by atoms with Crippen LogP contribution in [0.4, 0.5) is 4.39 Å². The van der Waals surface area contributed by atoms with Crippen molar-refractivity contribution < 1.29 is 24.0 Å². The summed E-state index contributed by atoms with van der Waals surface area (Å²) in [6, 6.07) is 10.1. The van der Waals surface area contributed by atoms with Crippen molar-refractivity contribution in [1.29, 1.82) is 0 Å². The highest BCUT2D eigenvalue weighted by atomic mass is 19.1. The van der Waals surface area contributed by atoms with Crippen LogP contribution in [0.2, 0.25) is 0 Å². The van der Waals surface area contributed by atoms with Gasteiger partial charge in [-0.05, 0) is 50.6 Å². The minimum Gasteiger partial charge on any atom is -0.871 e. The van der Waals surface area contributed by atoms with Crippen LogP contribution < -0.4 is 10.0 Å². The molecule has 8 heteroatoms. The van der Waals surface area contributed by atoms with E-state index in [0.29, 0.717) is 29.9 Å². The normalized spacial score (nSPS) is 17.9. The topological polar surface area (TPSA) is 82.2 Å². The maximum atomic E-state index is 13.8. The van der Waals surface area contributed by atoms with Crippen molar-refractivity contribution in [2.24, 2.45) is 0 Å². The number of pyridine rings is 1. The van der Waals surface area contributed by atoms with Crippen LogP contribution in [0, 0.1) is 12.7 Å². The summed E-state index contributed by atoms with van der Waals surface area (Å²) in [5, 5.41) is 13.8. The van der Waals surface area contributed by atoms with Crippen LogP contribution in [0.25, 0.3) is 11.4 Å². The molecule has 1 saturated heterocycles. The molecule has 1 fully saturated rings. The predicted molar refractivity (Wildman–Crippen MR) is 124 cm³/mol. The molecule has 34 heavy (non-hydrogen) atoms. The first kappa shape index (κ1) is 23.6. The van der Waals surface area contributed by atoms with E-state index in [9.17, 15) is 19.1 Å². The minimum absolute atomic E-state index is 0.111. The van der Waals surface area contributed by atoms with E-state index in [1.165, 1.54) is 34.1 Å². The number of rotatable bonds is 8. The lowest BCUT2D eigenvalue weighted by atomic mass is 9.96. The fourth-order valence-electron chi connectivity index (χ4n) is 4.71. The molecular formula is C26H29FN4O3. The van der Waals surface area contributed by atoms with Gasteiger partial charge >= 0.3 is 0 Å². The Morgan fingerprint density at radius 3 is 2.50 bits per heavy atom. The average molecular weight is 465 g/mol. The first-order chi connectivity index (χ1) is 16.4. The Morgan fingerprint density at radius 1 is 1.12 bits per heavy atom. The number of benzene rings is 1. The number of quaternary nitrogens is 1. The molecule has 2 aromatic heterocycles. The number of halogens is 1. The Labute approximate surface area is 198 Å². The fourth-order valence-corrected chi connectivity index (χ4v) is 4.71. The molecular weight excluding hydrogens is 435 g/mol. The maximum absolute atomic E-state index is 13.8. The molecule has 0 radical (unpaired) electrons. The lowest BCUT2D eigenvalue weighted by molar-refractivity contribution is -0.896. The first-order valence-electron chi connectivity index (χ1n) is 11.7. The van der Waals surface area contributed by atoms with Crippen molar-refractivity contribution >= 4 is 23.1 Å². The number of nitrogens with zero attached hydrogens (tertiary/aromatic N) is 3. The number of aromatic nitrogens is 2. The minimum atomic E-state index is -0.867. The van der Waals surface area contributed by atoms with Gasteiger partial charge in [-0.1, -0.05) is 24.0 Å². The molecule has 4 rings (SSSR count). The summed E-state index contributed by atoms with van der Waals surface area (Å²) in [6.45, 7) is 9.03. The molecule has 3 heterocycles. The van der Waals surface area contributed by atoms with E-state index in [1.54, 1.807) is 29.7 Å². The largest absolute Gasteiger partial charge is 0.871 e. The van der Waals surface area contributed by atoms with Gasteiger partial charge < -0.3 is 19.3 Å². The van der Waals surface area contributed by atoms with Crippen LogP contribution in [0.15, 0.2) is 54.2 Å². The summed E-state index contributed by atoms with van der Waals surface area (Å²) in [7, 11) is 0. The molecule has 7 nitrogen and oxygen atoms in total. The van der Waals surface area contributed by atoms with E-state index in [2.05, 4.69) is 18.8 Å². The van der Waals surface area contributed by atoms with Gasteiger partial charge in [-0.2, -0.15) is 0 Å². The second-order valence-corrected chi connectivity index (χ2v) is 8.56. The van der Waals surface area contributed by atoms with Gasteiger partial charge in [0.2, 0.25) is 5.78 Å². The quantitative estimate of drug-likeness (QED) is 0.310. The van der Waals surface area contributed by atoms with Crippen LogP contribution in [0.5, 0.6) is 0 Å². The highest BCUT2D eigenvalue weighted by Gasteiger charge is 2.44. The van der Waals surface area contributed by atoms with Crippen molar-refractivity contribution in [2.75, 3.05) is 26.2 Å². The number of ketones is 1. The molecule has 1 atom stereocenters. The lowest BCUT2D eigenvalue weighted by Gasteiger charge is -2.28. The highest BCUT2D eigenvalue weighted by molar-refractivity contribution is 6.46. The molecule has 1 N–H and O–H groups in total. The summed E-state index contributed by atoms with van der Waals surface area (Å²) < 4.78 is 15.3. The number of hydrogen-bond donors (Lipinski definition) is 1. The number of fused-ring (bicyclic) bond motifs is 1. The highest BCUT2D eigenvalue weighted by Crippen LogP contribution is 2.39. The first-order valence-corrected chi connectivity index (χ1v) is 11.7. The zero-order valence-corrected chi connectivity index (χ0v) is 19.7. The fraction of sp³-hybridized carbons (Fsp3) is 0.346. The Hall–Kier alpha value is -3.52. The Bertz CT molecular complexity index is 1240. The summed E-state index contributed by atoms with van der Waals surface area (Å²) in [6.07, 6.45) is 2.39. The van der Waals surface area contributed by atoms with Crippen LogP contribution in [0.1, 0.15) is 43.3 Å². The predicted octanol–water partition coefficient (Wildman–Crippen LogP) is 1.32. The molecule has 1 unspecified atom stereocenters. The van der Waals surface area contributed by atoms with Crippen LogP contribution >= 0.6 is 0 Å². The number of amides is 1. The SMILES string of the molecule is CC[NH+](CC)CCCN1C(=O)C(=O)/C(=C(/[O-])c2c(C)nc3ccccn23)C1c1ccc(F)cc1. The molecule has 1 amide bonds. The number of carbonyl (C=O) groups is 2. The number of carbonyl (C=O) groups excluding carboxylic acids is 2. The molecule has 3 aromatic rings. The van der Waals surface area contributed by atoms with Crippen LogP contribution in [-0.4, -0.2) is 52.2 Å². The van der Waals surface area contributed by atoms with Gasteiger partial charge in [0.1, 0.15) is 11.5 Å². The monoisotopic (exact) mass is 464 g/mol. The van der Waals surface area contributed by atoms with Crippen LogP contribution in [0.3, 0.4) is 0 Å². The Kier molecular flexibility index (Phi) is 6.79. The van der Waals surface area contributed by atoms with Crippen molar-refractivity contribution in [2.45, 2.75) is 33.2 Å². The average Bonchev–Trinajstić information content (AvgIpc) is 3.30. The third-order valence-electron chi connectivity index (χ3n) is 6.56. The third-order valence-corrected chi connectivity index (χ3v) is 6.56. The molecule has 1 aliphatic heterocycles. The van der Waals surface area contributed by atoms with Gasteiger partial charge in [-0.25, -0.2) is 9.37 Å². The van der Waals surface area contributed by atoms with E-state index in [1.807, 2.05) is 6.07 Å². The lowest BCUT2D eigenvalue weighted by Crippen LogP contribution is -3.11. The molecule has 0 aliphatic carbocycles. The van der Waals surface area contributed by atoms with E-state index in [0.717, 1.165) is 19.6 Å². The zero-order valence-electron chi connectivity index (χ0n) is 19.7. The Morgan fingerprint density at radius 2 is 1.82 bits per heavy atom. The number of nitrogens with one attached hydrogen (secondary N) is 1. The van der Waals surface area contributed by atoms with Gasteiger partial charge in [-0.15, -0.1) is 0 Å². The standard InChI is InChI=1S/C26H29FN4O3/c1-4-29(5-2)14-8-16-31-23(18-10-12-19(27)13-11-18)21(25(33)26(31)34)24(32)22-17(3)28-20-9-6-7-15-30(20)22/h6-7,9-13,15,23,32H,4-5,8,14,16H2,1-3H3/b24-21+. The van der Waals surface area contributed by atoms with Gasteiger partial charge in [0, 0.05) is 24.7 Å². The van der Waals surface area contributed by atoms with E-state index in [-0.39, 0.29) is 11.3 Å². The Balaban J connectivity index is 1.81. The van der Waals surface area contributed by atoms with E-state index in [4.69, 9.17) is 0 Å². The number of likely N-dealkylation sites (tertiary alicyclic amines) is 1. The van der Waals surface area contributed by atoms with E-state index >= 15 is 0 Å². The number of aryl methyl sites for hydroxylation is 1. The van der Waals surface area contributed by atoms with Gasteiger partial charge in [-0.3, -0.25) is 9.59 Å². The van der Waals surface area contributed by atoms with Gasteiger partial charge in [0.05, 0.1) is 37.1 Å². The molecule has 0 bridgehead atoms. The van der Waals surface area contributed by atoms with E-state index < -0.39 is 29.3 Å². The number of imidazole rings is 1. The maximum Gasteiger partial charge on any atom is 0.295 e. The summed E-state index contributed by atoms with van der Waals surface area (Å²) in [5.41, 5.74) is 1.74. The zero-order chi connectivity index (χ0) is 24.4. The molecule has 1 aliphatic rings. The van der Waals surface area contributed by atoms with Crippen LogP contribution in [-0.2, 0) is 9.59 Å². The van der Waals surface area contributed by atoms with Gasteiger partial charge in [0.25, 0.3) is 5.91 Å². The molecule has 0 spiro atoms.